The van der Waals surface area contributed by atoms with Gasteiger partial charge in [-0.05, 0) is 63.2 Å². The molecule has 2 rings (SSSR count). The zero-order valence-electron chi connectivity index (χ0n) is 18.0. The minimum absolute atomic E-state index is 0.0850. The van der Waals surface area contributed by atoms with E-state index in [1.54, 1.807) is 0 Å². The lowest BCUT2D eigenvalue weighted by Crippen LogP contribution is -2.55. The van der Waals surface area contributed by atoms with E-state index in [4.69, 9.17) is 14.9 Å². The van der Waals surface area contributed by atoms with Gasteiger partial charge in [-0.2, -0.15) is 0 Å². The number of carbonyl (C=O) groups excluding carboxylic acids is 1. The van der Waals surface area contributed by atoms with Gasteiger partial charge in [-0.3, -0.25) is 9.59 Å². The van der Waals surface area contributed by atoms with Crippen LogP contribution in [-0.4, -0.2) is 34.9 Å². The third-order valence-electron chi connectivity index (χ3n) is 7.33. The van der Waals surface area contributed by atoms with Gasteiger partial charge in [0.15, 0.2) is 0 Å². The highest BCUT2D eigenvalue weighted by atomic mass is 16.5. The summed E-state index contributed by atoms with van der Waals surface area (Å²) in [5, 5.41) is 18.0. The molecule has 0 aromatic carbocycles. The lowest BCUT2D eigenvalue weighted by atomic mass is 9.47. The number of hydrogen-bond acceptors (Lipinski definition) is 4. The summed E-state index contributed by atoms with van der Waals surface area (Å²) in [6.45, 7) is 11.1. The Labute approximate surface area is 168 Å². The van der Waals surface area contributed by atoms with Crippen molar-refractivity contribution in [2.24, 2.45) is 22.7 Å². The Morgan fingerprint density at radius 2 is 2.00 bits per heavy atom. The molecular formula is C23H36O5. The van der Waals surface area contributed by atoms with Crippen molar-refractivity contribution >= 4 is 11.9 Å². The Morgan fingerprint density at radius 1 is 1.32 bits per heavy atom. The number of aliphatic carboxylic acids is 1. The van der Waals surface area contributed by atoms with Gasteiger partial charge >= 0.3 is 11.9 Å². The third-order valence-corrected chi connectivity index (χ3v) is 7.33. The van der Waals surface area contributed by atoms with Crippen LogP contribution in [0.3, 0.4) is 0 Å². The molecule has 28 heavy (non-hydrogen) atoms. The lowest BCUT2D eigenvalue weighted by molar-refractivity contribution is -0.176. The minimum atomic E-state index is -1.15. The molecule has 0 aliphatic heterocycles. The first-order chi connectivity index (χ1) is 13.0. The SMILES string of the molecule is CC(=CCO)CCC1C(C)=CCC2C(C)(C)C(OC(=O)CC(=O)O)CCC12C. The van der Waals surface area contributed by atoms with Crippen molar-refractivity contribution in [2.75, 3.05) is 6.61 Å². The van der Waals surface area contributed by atoms with Crippen molar-refractivity contribution in [3.05, 3.63) is 23.3 Å². The summed E-state index contributed by atoms with van der Waals surface area (Å²) in [6, 6.07) is 0. The van der Waals surface area contributed by atoms with Crippen LogP contribution in [0.15, 0.2) is 23.3 Å². The fraction of sp³-hybridized carbons (Fsp3) is 0.739. The largest absolute Gasteiger partial charge is 0.481 e. The summed E-state index contributed by atoms with van der Waals surface area (Å²) in [4.78, 5) is 22.8. The molecule has 158 valence electrons. The second-order valence-corrected chi connectivity index (χ2v) is 9.48. The van der Waals surface area contributed by atoms with E-state index in [-0.39, 0.29) is 23.5 Å². The molecule has 1 fully saturated rings. The van der Waals surface area contributed by atoms with Gasteiger partial charge in [0, 0.05) is 5.41 Å². The molecule has 0 aromatic rings. The highest BCUT2D eigenvalue weighted by Gasteiger charge is 2.56. The fourth-order valence-electron chi connectivity index (χ4n) is 5.74. The number of aliphatic hydroxyl groups excluding tert-OH is 1. The maximum Gasteiger partial charge on any atom is 0.317 e. The Hall–Kier alpha value is -1.62. The topological polar surface area (TPSA) is 83.8 Å². The van der Waals surface area contributed by atoms with Crippen LogP contribution in [0.2, 0.25) is 0 Å². The van der Waals surface area contributed by atoms with Gasteiger partial charge in [0.1, 0.15) is 12.5 Å². The van der Waals surface area contributed by atoms with Crippen LogP contribution >= 0.6 is 0 Å². The number of ether oxygens (including phenoxy) is 1. The van der Waals surface area contributed by atoms with E-state index < -0.39 is 18.4 Å². The van der Waals surface area contributed by atoms with Crippen molar-refractivity contribution in [2.45, 2.75) is 79.2 Å². The van der Waals surface area contributed by atoms with Crippen LogP contribution in [0.25, 0.3) is 0 Å². The second-order valence-electron chi connectivity index (χ2n) is 9.48. The molecule has 2 aliphatic carbocycles. The molecule has 0 aromatic heterocycles. The first-order valence-corrected chi connectivity index (χ1v) is 10.4. The number of allylic oxidation sites excluding steroid dienone is 3. The Bertz CT molecular complexity index is 660. The first-order valence-electron chi connectivity index (χ1n) is 10.4. The van der Waals surface area contributed by atoms with E-state index in [1.807, 2.05) is 6.08 Å². The maximum atomic E-state index is 12.0. The Balaban J connectivity index is 2.20. The fourth-order valence-corrected chi connectivity index (χ4v) is 5.74. The van der Waals surface area contributed by atoms with Gasteiger partial charge in [0.05, 0.1) is 6.61 Å². The number of fused-ring (bicyclic) bond motifs is 1. The standard InChI is InChI=1S/C23H36O5/c1-15(11-13-24)6-8-17-16(2)7-9-18-22(3,4)19(10-12-23(17,18)5)28-21(27)14-20(25)26/h7,11,17-19,24H,6,8-10,12-14H2,1-5H3,(H,25,26). The molecule has 0 saturated heterocycles. The van der Waals surface area contributed by atoms with E-state index >= 15 is 0 Å². The summed E-state index contributed by atoms with van der Waals surface area (Å²) >= 11 is 0. The molecule has 0 spiro atoms. The van der Waals surface area contributed by atoms with Crippen molar-refractivity contribution in [3.8, 4) is 0 Å². The van der Waals surface area contributed by atoms with E-state index in [9.17, 15) is 9.59 Å². The molecule has 0 radical (unpaired) electrons. The van der Waals surface area contributed by atoms with Crippen molar-refractivity contribution in [3.63, 3.8) is 0 Å². The van der Waals surface area contributed by atoms with Crippen LogP contribution in [0.4, 0.5) is 0 Å². The number of carbonyl (C=O) groups is 2. The molecule has 1 saturated carbocycles. The monoisotopic (exact) mass is 392 g/mol. The van der Waals surface area contributed by atoms with Crippen molar-refractivity contribution in [1.29, 1.82) is 0 Å². The highest BCUT2D eigenvalue weighted by Crippen LogP contribution is 2.61. The van der Waals surface area contributed by atoms with Crippen LogP contribution in [0.1, 0.15) is 73.1 Å². The summed E-state index contributed by atoms with van der Waals surface area (Å²) < 4.78 is 5.63. The van der Waals surface area contributed by atoms with E-state index in [1.165, 1.54) is 11.1 Å². The molecule has 5 nitrogen and oxygen atoms in total. The van der Waals surface area contributed by atoms with Gasteiger partial charge in [-0.1, -0.05) is 44.1 Å². The molecule has 4 unspecified atom stereocenters. The molecule has 5 heteroatoms. The molecule has 0 bridgehead atoms. The average Bonchev–Trinajstić information content (AvgIpc) is 2.56. The normalized spacial score (nSPS) is 32.3. The molecular weight excluding hydrogens is 356 g/mol. The number of aliphatic hydroxyl groups is 1. The Kier molecular flexibility index (Phi) is 7.13. The van der Waals surface area contributed by atoms with Crippen molar-refractivity contribution in [1.82, 2.24) is 0 Å². The molecule has 2 N–H and O–H groups in total. The van der Waals surface area contributed by atoms with Crippen LogP contribution < -0.4 is 0 Å². The zero-order valence-corrected chi connectivity index (χ0v) is 18.0. The van der Waals surface area contributed by atoms with Crippen molar-refractivity contribution < 1.29 is 24.5 Å². The van der Waals surface area contributed by atoms with Crippen LogP contribution in [-0.2, 0) is 14.3 Å². The summed E-state index contributed by atoms with van der Waals surface area (Å²) in [7, 11) is 0. The van der Waals surface area contributed by atoms with Gasteiger partial charge in [-0.15, -0.1) is 0 Å². The molecule has 0 heterocycles. The van der Waals surface area contributed by atoms with Gasteiger partial charge in [0.25, 0.3) is 0 Å². The zero-order chi connectivity index (χ0) is 21.1. The summed E-state index contributed by atoms with van der Waals surface area (Å²) in [6.07, 6.45) is 8.10. The smallest absolute Gasteiger partial charge is 0.317 e. The van der Waals surface area contributed by atoms with E-state index in [2.05, 4.69) is 40.7 Å². The van der Waals surface area contributed by atoms with Gasteiger partial charge < -0.3 is 14.9 Å². The van der Waals surface area contributed by atoms with Crippen LogP contribution in [0, 0.1) is 22.7 Å². The molecule has 4 atom stereocenters. The van der Waals surface area contributed by atoms with Crippen LogP contribution in [0.5, 0.6) is 0 Å². The lowest BCUT2D eigenvalue weighted by Gasteiger charge is -2.59. The third kappa shape index (κ3) is 4.68. The summed E-state index contributed by atoms with van der Waals surface area (Å²) in [5.74, 6) is -0.959. The molecule has 2 aliphatic rings. The predicted octanol–water partition coefficient (Wildman–Crippen LogP) is 4.50. The first kappa shape index (κ1) is 22.7. The molecule has 0 amide bonds. The maximum absolute atomic E-state index is 12.0. The number of hydrogen-bond donors (Lipinski definition) is 2. The number of carboxylic acids is 1. The summed E-state index contributed by atoms with van der Waals surface area (Å²) in [5.41, 5.74) is 2.56. The van der Waals surface area contributed by atoms with Gasteiger partial charge in [-0.25, -0.2) is 0 Å². The number of carboxylic acid groups (broad SMARTS) is 1. The minimum Gasteiger partial charge on any atom is -0.481 e. The number of esters is 1. The van der Waals surface area contributed by atoms with E-state index in [0.717, 1.165) is 32.1 Å². The number of rotatable bonds is 7. The Morgan fingerprint density at radius 3 is 2.61 bits per heavy atom. The predicted molar refractivity (Wildman–Crippen MR) is 109 cm³/mol. The highest BCUT2D eigenvalue weighted by molar-refractivity contribution is 5.90. The van der Waals surface area contributed by atoms with Gasteiger partial charge in [0.2, 0.25) is 0 Å². The van der Waals surface area contributed by atoms with E-state index in [0.29, 0.717) is 11.8 Å². The quantitative estimate of drug-likeness (QED) is 0.379. The average molecular weight is 393 g/mol. The second kappa shape index (κ2) is 8.81.